The summed E-state index contributed by atoms with van der Waals surface area (Å²) in [6.45, 7) is 6.03. The fourth-order valence-corrected chi connectivity index (χ4v) is 4.25. The molecule has 1 aliphatic rings. The Kier molecular flexibility index (Phi) is 5.78. The predicted molar refractivity (Wildman–Crippen MR) is 102 cm³/mol. The molecule has 1 N–H and O–H groups in total. The van der Waals surface area contributed by atoms with Gasteiger partial charge in [-0.05, 0) is 50.8 Å². The summed E-state index contributed by atoms with van der Waals surface area (Å²) in [6, 6.07) is 6.57. The Morgan fingerprint density at radius 1 is 1.20 bits per heavy atom. The molecule has 0 unspecified atom stereocenters. The molecule has 1 fully saturated rings. The lowest BCUT2D eigenvalue weighted by Gasteiger charge is -2.24. The third-order valence-electron chi connectivity index (χ3n) is 4.77. The summed E-state index contributed by atoms with van der Waals surface area (Å²) in [5.74, 6) is 1.29. The molecule has 134 valence electrons. The third-order valence-corrected chi connectivity index (χ3v) is 5.72. The normalized spacial score (nSPS) is 15.3. The Balaban J connectivity index is 1.63. The number of benzene rings is 1. The molecule has 1 aliphatic carbocycles. The number of aromatic nitrogens is 3. The second kappa shape index (κ2) is 8.04. The summed E-state index contributed by atoms with van der Waals surface area (Å²) < 4.78 is 2.23. The molecule has 25 heavy (non-hydrogen) atoms. The number of anilines is 1. The van der Waals surface area contributed by atoms with Crippen molar-refractivity contribution >= 4 is 23.4 Å². The van der Waals surface area contributed by atoms with Crippen LogP contribution in [0.4, 0.5) is 5.69 Å². The molecular weight excluding hydrogens is 332 g/mol. The van der Waals surface area contributed by atoms with E-state index >= 15 is 0 Å². The van der Waals surface area contributed by atoms with Gasteiger partial charge in [-0.1, -0.05) is 43.2 Å². The fourth-order valence-electron chi connectivity index (χ4n) is 3.39. The molecule has 0 atom stereocenters. The molecule has 0 radical (unpaired) electrons. The van der Waals surface area contributed by atoms with Crippen molar-refractivity contribution in [1.82, 2.24) is 14.8 Å². The monoisotopic (exact) mass is 358 g/mol. The number of thioether (sulfide) groups is 1. The Hall–Kier alpha value is -1.82. The van der Waals surface area contributed by atoms with Crippen molar-refractivity contribution in [3.05, 3.63) is 35.2 Å². The number of carbonyl (C=O) groups excluding carboxylic acids is 1. The van der Waals surface area contributed by atoms with E-state index < -0.39 is 0 Å². The van der Waals surface area contributed by atoms with E-state index in [0.717, 1.165) is 27.8 Å². The molecule has 1 heterocycles. The second-order valence-electron chi connectivity index (χ2n) is 6.85. The van der Waals surface area contributed by atoms with E-state index in [1.165, 1.54) is 43.9 Å². The SMILES string of the molecule is Cc1ccc(C)c(NC(=O)CSc2nnc(C)n2C2CCCCC2)c1. The first-order valence-corrected chi connectivity index (χ1v) is 9.94. The first-order chi connectivity index (χ1) is 12.0. The molecule has 0 saturated heterocycles. The Labute approximate surface area is 153 Å². The summed E-state index contributed by atoms with van der Waals surface area (Å²) in [5, 5.41) is 12.4. The lowest BCUT2D eigenvalue weighted by molar-refractivity contribution is -0.113. The maximum absolute atomic E-state index is 12.4. The van der Waals surface area contributed by atoms with Crippen LogP contribution in [0.5, 0.6) is 0 Å². The summed E-state index contributed by atoms with van der Waals surface area (Å²) in [5.41, 5.74) is 3.10. The van der Waals surface area contributed by atoms with Crippen molar-refractivity contribution in [3.8, 4) is 0 Å². The van der Waals surface area contributed by atoms with Crippen LogP contribution in [0.1, 0.15) is 55.1 Å². The Bertz CT molecular complexity index is 750. The van der Waals surface area contributed by atoms with Crippen LogP contribution in [0.2, 0.25) is 0 Å². The lowest BCUT2D eigenvalue weighted by atomic mass is 9.95. The minimum absolute atomic E-state index is 0.00505. The van der Waals surface area contributed by atoms with Gasteiger partial charge in [0.2, 0.25) is 5.91 Å². The van der Waals surface area contributed by atoms with Gasteiger partial charge in [0.1, 0.15) is 5.82 Å². The zero-order valence-corrected chi connectivity index (χ0v) is 16.0. The van der Waals surface area contributed by atoms with Crippen LogP contribution < -0.4 is 5.32 Å². The van der Waals surface area contributed by atoms with E-state index in [1.54, 1.807) is 0 Å². The van der Waals surface area contributed by atoms with Crippen LogP contribution in [0.25, 0.3) is 0 Å². The number of carbonyl (C=O) groups is 1. The number of hydrogen-bond donors (Lipinski definition) is 1. The van der Waals surface area contributed by atoms with Crippen molar-refractivity contribution in [1.29, 1.82) is 0 Å². The molecule has 2 aromatic rings. The van der Waals surface area contributed by atoms with Gasteiger partial charge in [-0.15, -0.1) is 10.2 Å². The van der Waals surface area contributed by atoms with E-state index in [0.29, 0.717) is 11.8 Å². The first-order valence-electron chi connectivity index (χ1n) is 8.96. The summed E-state index contributed by atoms with van der Waals surface area (Å²) in [7, 11) is 0. The van der Waals surface area contributed by atoms with Crippen molar-refractivity contribution < 1.29 is 4.79 Å². The topological polar surface area (TPSA) is 59.8 Å². The molecule has 0 bridgehead atoms. The average Bonchev–Trinajstić information content (AvgIpc) is 2.98. The van der Waals surface area contributed by atoms with Crippen LogP contribution in [-0.4, -0.2) is 26.4 Å². The molecule has 3 rings (SSSR count). The van der Waals surface area contributed by atoms with Crippen LogP contribution in [-0.2, 0) is 4.79 Å². The van der Waals surface area contributed by atoms with Gasteiger partial charge in [-0.2, -0.15) is 0 Å². The second-order valence-corrected chi connectivity index (χ2v) is 7.79. The van der Waals surface area contributed by atoms with E-state index in [9.17, 15) is 4.79 Å². The van der Waals surface area contributed by atoms with Gasteiger partial charge in [0.05, 0.1) is 5.75 Å². The number of amides is 1. The Morgan fingerprint density at radius 2 is 1.96 bits per heavy atom. The van der Waals surface area contributed by atoms with Crippen molar-refractivity contribution in [2.24, 2.45) is 0 Å². The van der Waals surface area contributed by atoms with Gasteiger partial charge in [-0.25, -0.2) is 0 Å². The average molecular weight is 359 g/mol. The van der Waals surface area contributed by atoms with E-state index in [1.807, 2.05) is 32.9 Å². The Morgan fingerprint density at radius 3 is 2.72 bits per heavy atom. The molecule has 1 saturated carbocycles. The quantitative estimate of drug-likeness (QED) is 0.803. The highest BCUT2D eigenvalue weighted by molar-refractivity contribution is 7.99. The molecule has 5 nitrogen and oxygen atoms in total. The zero-order chi connectivity index (χ0) is 17.8. The molecule has 1 amide bonds. The van der Waals surface area contributed by atoms with Crippen molar-refractivity contribution in [3.63, 3.8) is 0 Å². The van der Waals surface area contributed by atoms with Crippen LogP contribution in [0.15, 0.2) is 23.4 Å². The largest absolute Gasteiger partial charge is 0.325 e. The third kappa shape index (κ3) is 4.42. The van der Waals surface area contributed by atoms with Gasteiger partial charge in [0, 0.05) is 11.7 Å². The van der Waals surface area contributed by atoms with Gasteiger partial charge in [0.25, 0.3) is 0 Å². The summed E-state index contributed by atoms with van der Waals surface area (Å²) in [4.78, 5) is 12.4. The number of hydrogen-bond acceptors (Lipinski definition) is 4. The minimum atomic E-state index is -0.00505. The molecular formula is C19H26N4OS. The van der Waals surface area contributed by atoms with Crippen LogP contribution in [0, 0.1) is 20.8 Å². The highest BCUT2D eigenvalue weighted by Crippen LogP contribution is 2.32. The highest BCUT2D eigenvalue weighted by Gasteiger charge is 2.21. The molecule has 0 spiro atoms. The predicted octanol–water partition coefficient (Wildman–Crippen LogP) is 4.44. The standard InChI is InChI=1S/C19H26N4OS/c1-13-9-10-14(2)17(11-13)20-18(24)12-25-19-22-21-15(3)23(19)16-7-5-4-6-8-16/h9-11,16H,4-8,12H2,1-3H3,(H,20,24). The molecule has 0 aliphatic heterocycles. The lowest BCUT2D eigenvalue weighted by Crippen LogP contribution is -2.18. The number of aryl methyl sites for hydroxylation is 3. The van der Waals surface area contributed by atoms with Crippen molar-refractivity contribution in [2.45, 2.75) is 64.1 Å². The number of nitrogens with one attached hydrogen (secondary N) is 1. The van der Waals surface area contributed by atoms with Gasteiger partial charge in [-0.3, -0.25) is 4.79 Å². The van der Waals surface area contributed by atoms with Gasteiger partial charge >= 0.3 is 0 Å². The first kappa shape index (κ1) is 18.0. The maximum atomic E-state index is 12.4. The molecule has 6 heteroatoms. The van der Waals surface area contributed by atoms with E-state index in [-0.39, 0.29) is 5.91 Å². The van der Waals surface area contributed by atoms with E-state index in [2.05, 4.69) is 26.1 Å². The zero-order valence-electron chi connectivity index (χ0n) is 15.2. The number of nitrogens with zero attached hydrogens (tertiary/aromatic N) is 3. The van der Waals surface area contributed by atoms with Crippen molar-refractivity contribution in [2.75, 3.05) is 11.1 Å². The van der Waals surface area contributed by atoms with Crippen LogP contribution >= 0.6 is 11.8 Å². The highest BCUT2D eigenvalue weighted by atomic mass is 32.2. The smallest absolute Gasteiger partial charge is 0.234 e. The van der Waals surface area contributed by atoms with Gasteiger partial charge < -0.3 is 9.88 Å². The fraction of sp³-hybridized carbons (Fsp3) is 0.526. The maximum Gasteiger partial charge on any atom is 0.234 e. The summed E-state index contributed by atoms with van der Waals surface area (Å²) >= 11 is 1.48. The van der Waals surface area contributed by atoms with Gasteiger partial charge in [0.15, 0.2) is 5.16 Å². The number of rotatable bonds is 5. The van der Waals surface area contributed by atoms with Crippen LogP contribution in [0.3, 0.4) is 0 Å². The summed E-state index contributed by atoms with van der Waals surface area (Å²) in [6.07, 6.45) is 6.21. The molecule has 1 aromatic heterocycles. The molecule has 1 aromatic carbocycles. The van der Waals surface area contributed by atoms with E-state index in [4.69, 9.17) is 0 Å². The minimum Gasteiger partial charge on any atom is -0.325 e.